The molecule has 5 heteroatoms. The second-order valence-corrected chi connectivity index (χ2v) is 3.49. The number of aromatic nitrogens is 2. The standard InChI is InChI=1S/C12H10N2O3/c15-11-9(12(16)17)7-13-10(14-11)6-8-4-2-1-3-5-8/h1-5,7H,6H2,(H,16,17)(H,13,14,15). The highest BCUT2D eigenvalue weighted by molar-refractivity contribution is 5.89. The van der Waals surface area contributed by atoms with Crippen molar-refractivity contribution in [2.45, 2.75) is 6.42 Å². The van der Waals surface area contributed by atoms with Crippen molar-refractivity contribution in [3.05, 3.63) is 53.5 Å². The van der Waals surface area contributed by atoms with Gasteiger partial charge in [0.1, 0.15) is 11.4 Å². The first kappa shape index (κ1) is 11.1. The number of hydrogen-bond acceptors (Lipinski definition) is 4. The van der Waals surface area contributed by atoms with Crippen LogP contribution in [0.4, 0.5) is 0 Å². The van der Waals surface area contributed by atoms with Crippen molar-refractivity contribution in [1.29, 1.82) is 0 Å². The van der Waals surface area contributed by atoms with E-state index in [1.54, 1.807) is 0 Å². The van der Waals surface area contributed by atoms with Crippen molar-refractivity contribution in [2.24, 2.45) is 0 Å². The second kappa shape index (κ2) is 4.61. The van der Waals surface area contributed by atoms with Gasteiger partial charge in [0, 0.05) is 12.6 Å². The monoisotopic (exact) mass is 230 g/mol. The van der Waals surface area contributed by atoms with Crippen LogP contribution in [0, 0.1) is 0 Å². The minimum atomic E-state index is -1.24. The van der Waals surface area contributed by atoms with Crippen LogP contribution in [-0.2, 0) is 6.42 Å². The molecule has 0 fully saturated rings. The third-order valence-electron chi connectivity index (χ3n) is 2.25. The molecule has 2 N–H and O–H groups in total. The molecule has 0 saturated carbocycles. The Morgan fingerprint density at radius 1 is 1.24 bits per heavy atom. The summed E-state index contributed by atoms with van der Waals surface area (Å²) >= 11 is 0. The third-order valence-corrected chi connectivity index (χ3v) is 2.25. The van der Waals surface area contributed by atoms with Crippen molar-refractivity contribution in [2.75, 3.05) is 0 Å². The fraction of sp³-hybridized carbons (Fsp3) is 0.0833. The molecule has 17 heavy (non-hydrogen) atoms. The lowest BCUT2D eigenvalue weighted by molar-refractivity contribution is 0.0692. The minimum Gasteiger partial charge on any atom is -0.493 e. The Kier molecular flexibility index (Phi) is 3.00. The van der Waals surface area contributed by atoms with Crippen LogP contribution in [0.1, 0.15) is 21.7 Å². The first-order valence-corrected chi connectivity index (χ1v) is 4.99. The Bertz CT molecular complexity index is 541. The number of hydrogen-bond donors (Lipinski definition) is 2. The lowest BCUT2D eigenvalue weighted by Gasteiger charge is -2.02. The molecule has 0 saturated heterocycles. The van der Waals surface area contributed by atoms with Crippen LogP contribution in [0.3, 0.4) is 0 Å². The van der Waals surface area contributed by atoms with Gasteiger partial charge in [-0.3, -0.25) is 0 Å². The van der Waals surface area contributed by atoms with Crippen molar-refractivity contribution >= 4 is 5.97 Å². The molecule has 0 aliphatic heterocycles. The molecule has 1 aromatic carbocycles. The van der Waals surface area contributed by atoms with Gasteiger partial charge >= 0.3 is 5.97 Å². The summed E-state index contributed by atoms with van der Waals surface area (Å²) in [6.07, 6.45) is 1.57. The van der Waals surface area contributed by atoms with E-state index in [9.17, 15) is 9.90 Å². The molecular formula is C12H10N2O3. The summed E-state index contributed by atoms with van der Waals surface area (Å²) < 4.78 is 0. The smallest absolute Gasteiger partial charge is 0.342 e. The molecule has 0 aliphatic rings. The molecular weight excluding hydrogens is 220 g/mol. The van der Waals surface area contributed by atoms with Crippen LogP contribution >= 0.6 is 0 Å². The fourth-order valence-electron chi connectivity index (χ4n) is 1.42. The molecule has 0 atom stereocenters. The second-order valence-electron chi connectivity index (χ2n) is 3.49. The topological polar surface area (TPSA) is 83.3 Å². The Morgan fingerprint density at radius 3 is 2.53 bits per heavy atom. The van der Waals surface area contributed by atoms with E-state index in [4.69, 9.17) is 5.11 Å². The Morgan fingerprint density at radius 2 is 1.94 bits per heavy atom. The zero-order valence-corrected chi connectivity index (χ0v) is 8.87. The van der Waals surface area contributed by atoms with Gasteiger partial charge in [-0.15, -0.1) is 0 Å². The van der Waals surface area contributed by atoms with Crippen molar-refractivity contribution in [1.82, 2.24) is 9.97 Å². The Hall–Kier alpha value is -2.43. The van der Waals surface area contributed by atoms with Gasteiger partial charge in [-0.25, -0.2) is 9.78 Å². The van der Waals surface area contributed by atoms with Crippen LogP contribution in [0.15, 0.2) is 36.5 Å². The fourth-order valence-corrected chi connectivity index (χ4v) is 1.42. The van der Waals surface area contributed by atoms with Crippen LogP contribution in [0.5, 0.6) is 5.88 Å². The predicted octanol–water partition coefficient (Wildman–Crippen LogP) is 1.47. The summed E-state index contributed by atoms with van der Waals surface area (Å²) in [5.41, 5.74) is 0.705. The highest BCUT2D eigenvalue weighted by Crippen LogP contribution is 2.14. The lowest BCUT2D eigenvalue weighted by atomic mass is 10.1. The Balaban J connectivity index is 2.24. The number of aromatic hydroxyl groups is 1. The normalized spacial score (nSPS) is 10.1. The number of carboxylic acid groups (broad SMARTS) is 1. The first-order valence-electron chi connectivity index (χ1n) is 4.99. The zero-order chi connectivity index (χ0) is 12.3. The molecule has 0 radical (unpaired) electrons. The van der Waals surface area contributed by atoms with Crippen LogP contribution < -0.4 is 0 Å². The summed E-state index contributed by atoms with van der Waals surface area (Å²) in [4.78, 5) is 18.3. The number of carbonyl (C=O) groups is 1. The highest BCUT2D eigenvalue weighted by atomic mass is 16.4. The number of rotatable bonds is 3. The van der Waals surface area contributed by atoms with Gasteiger partial charge in [-0.2, -0.15) is 4.98 Å². The van der Waals surface area contributed by atoms with Crippen molar-refractivity contribution in [3.8, 4) is 5.88 Å². The predicted molar refractivity (Wildman–Crippen MR) is 59.9 cm³/mol. The minimum absolute atomic E-state index is 0.290. The summed E-state index contributed by atoms with van der Waals surface area (Å²) in [6.45, 7) is 0. The van der Waals surface area contributed by atoms with E-state index in [0.29, 0.717) is 12.2 Å². The number of carboxylic acids is 1. The molecule has 1 heterocycles. The average molecular weight is 230 g/mol. The maximum Gasteiger partial charge on any atom is 0.342 e. The molecule has 0 bridgehead atoms. The number of benzene rings is 1. The van der Waals surface area contributed by atoms with Gasteiger partial charge < -0.3 is 10.2 Å². The zero-order valence-electron chi connectivity index (χ0n) is 8.87. The summed E-state index contributed by atoms with van der Waals surface area (Å²) in [5, 5.41) is 18.1. The highest BCUT2D eigenvalue weighted by Gasteiger charge is 2.12. The molecule has 0 unspecified atom stereocenters. The molecule has 0 spiro atoms. The van der Waals surface area contributed by atoms with Gasteiger partial charge in [0.2, 0.25) is 5.88 Å². The molecule has 0 amide bonds. The first-order chi connectivity index (χ1) is 8.16. The van der Waals surface area contributed by atoms with E-state index in [-0.39, 0.29) is 5.56 Å². The van der Waals surface area contributed by atoms with Crippen molar-refractivity contribution in [3.63, 3.8) is 0 Å². The van der Waals surface area contributed by atoms with Crippen molar-refractivity contribution < 1.29 is 15.0 Å². The maximum absolute atomic E-state index is 10.7. The van der Waals surface area contributed by atoms with Gasteiger partial charge in [0.25, 0.3) is 0 Å². The van der Waals surface area contributed by atoms with Crippen LogP contribution in [0.2, 0.25) is 0 Å². The summed E-state index contributed by atoms with van der Waals surface area (Å²) in [6, 6.07) is 9.49. The third kappa shape index (κ3) is 2.57. The average Bonchev–Trinajstić information content (AvgIpc) is 2.30. The number of aromatic carboxylic acids is 1. The van der Waals surface area contributed by atoms with E-state index >= 15 is 0 Å². The Labute approximate surface area is 97.4 Å². The van der Waals surface area contributed by atoms with E-state index in [0.717, 1.165) is 11.8 Å². The maximum atomic E-state index is 10.7. The molecule has 2 aromatic rings. The van der Waals surface area contributed by atoms with E-state index in [1.165, 1.54) is 0 Å². The van der Waals surface area contributed by atoms with Gasteiger partial charge in [-0.05, 0) is 5.56 Å². The number of nitrogens with zero attached hydrogens (tertiary/aromatic N) is 2. The van der Waals surface area contributed by atoms with Crippen LogP contribution in [-0.4, -0.2) is 26.2 Å². The quantitative estimate of drug-likeness (QED) is 0.834. The summed E-state index contributed by atoms with van der Waals surface area (Å²) in [5.74, 6) is -1.36. The largest absolute Gasteiger partial charge is 0.493 e. The van der Waals surface area contributed by atoms with E-state index in [1.807, 2.05) is 30.3 Å². The lowest BCUT2D eigenvalue weighted by Crippen LogP contribution is -2.03. The molecule has 1 aromatic heterocycles. The van der Waals surface area contributed by atoms with Gasteiger partial charge in [0.05, 0.1) is 0 Å². The molecule has 86 valence electrons. The van der Waals surface area contributed by atoms with E-state index in [2.05, 4.69) is 9.97 Å². The molecule has 0 aliphatic carbocycles. The molecule has 2 rings (SSSR count). The summed E-state index contributed by atoms with van der Waals surface area (Å²) in [7, 11) is 0. The van der Waals surface area contributed by atoms with Crippen LogP contribution in [0.25, 0.3) is 0 Å². The molecule has 5 nitrogen and oxygen atoms in total. The van der Waals surface area contributed by atoms with Gasteiger partial charge in [0.15, 0.2) is 0 Å². The van der Waals surface area contributed by atoms with E-state index < -0.39 is 11.8 Å². The SMILES string of the molecule is O=C(O)c1cnc(Cc2ccccc2)nc1O. The van der Waals surface area contributed by atoms with Gasteiger partial charge in [-0.1, -0.05) is 30.3 Å².